The molecule has 8 nitrogen and oxygen atoms in total. The molecule has 1 N–H and O–H groups in total. The van der Waals surface area contributed by atoms with Crippen molar-refractivity contribution in [1.29, 1.82) is 0 Å². The smallest absolute Gasteiger partial charge is 0.227 e. The van der Waals surface area contributed by atoms with Gasteiger partial charge in [-0.2, -0.15) is 5.10 Å². The van der Waals surface area contributed by atoms with Crippen molar-refractivity contribution in [3.8, 4) is 22.5 Å². The fourth-order valence-corrected chi connectivity index (χ4v) is 4.95. The summed E-state index contributed by atoms with van der Waals surface area (Å²) in [6, 6.07) is 25.1. The SMILES string of the molecule is CCn1cc(-c2ccnc(Nc3ccc(N4CCN(Cc5ccccc5)CC4)cc3)n2)c(-c2cccnc2)n1. The van der Waals surface area contributed by atoms with Crippen LogP contribution in [-0.4, -0.2) is 55.8 Å². The average molecular weight is 517 g/mol. The number of nitrogens with one attached hydrogen (secondary N) is 1. The van der Waals surface area contributed by atoms with Gasteiger partial charge in [0.25, 0.3) is 0 Å². The molecule has 5 aromatic rings. The van der Waals surface area contributed by atoms with Gasteiger partial charge in [0.2, 0.25) is 5.95 Å². The molecule has 0 aliphatic carbocycles. The summed E-state index contributed by atoms with van der Waals surface area (Å²) in [5, 5.41) is 8.13. The largest absolute Gasteiger partial charge is 0.369 e. The van der Waals surface area contributed by atoms with E-state index in [4.69, 9.17) is 10.1 Å². The number of aryl methyl sites for hydroxylation is 1. The summed E-state index contributed by atoms with van der Waals surface area (Å²) < 4.78 is 1.92. The molecule has 1 fully saturated rings. The van der Waals surface area contributed by atoms with Gasteiger partial charge in [-0.15, -0.1) is 0 Å². The molecule has 6 rings (SSSR count). The second-order valence-corrected chi connectivity index (χ2v) is 9.67. The average Bonchev–Trinajstić information content (AvgIpc) is 3.44. The van der Waals surface area contributed by atoms with E-state index < -0.39 is 0 Å². The maximum atomic E-state index is 4.82. The zero-order valence-electron chi connectivity index (χ0n) is 22.1. The summed E-state index contributed by atoms with van der Waals surface area (Å²) in [5.41, 5.74) is 7.17. The maximum absolute atomic E-state index is 4.82. The van der Waals surface area contributed by atoms with Gasteiger partial charge in [0, 0.05) is 86.6 Å². The predicted molar refractivity (Wildman–Crippen MR) is 156 cm³/mol. The number of hydrogen-bond acceptors (Lipinski definition) is 7. The number of hydrogen-bond donors (Lipinski definition) is 1. The Kier molecular flexibility index (Phi) is 7.27. The van der Waals surface area contributed by atoms with Crippen molar-refractivity contribution in [2.45, 2.75) is 20.0 Å². The van der Waals surface area contributed by atoms with E-state index in [1.165, 1.54) is 11.3 Å². The molecular weight excluding hydrogens is 484 g/mol. The Morgan fingerprint density at radius 1 is 0.846 bits per heavy atom. The fourth-order valence-electron chi connectivity index (χ4n) is 4.95. The van der Waals surface area contributed by atoms with Gasteiger partial charge in [-0.1, -0.05) is 30.3 Å². The number of benzene rings is 2. The summed E-state index contributed by atoms with van der Waals surface area (Å²) in [6.07, 6.45) is 7.41. The minimum Gasteiger partial charge on any atom is -0.369 e. The molecule has 196 valence electrons. The zero-order valence-corrected chi connectivity index (χ0v) is 22.1. The van der Waals surface area contributed by atoms with E-state index in [2.05, 4.69) is 86.6 Å². The van der Waals surface area contributed by atoms with E-state index in [9.17, 15) is 0 Å². The summed E-state index contributed by atoms with van der Waals surface area (Å²) in [4.78, 5) is 18.5. The molecule has 1 aliphatic heterocycles. The van der Waals surface area contributed by atoms with Gasteiger partial charge in [0.1, 0.15) is 5.69 Å². The molecule has 1 saturated heterocycles. The van der Waals surface area contributed by atoms with E-state index in [1.54, 1.807) is 12.4 Å². The quantitative estimate of drug-likeness (QED) is 0.292. The summed E-state index contributed by atoms with van der Waals surface area (Å²) in [7, 11) is 0. The van der Waals surface area contributed by atoms with Crippen molar-refractivity contribution < 1.29 is 0 Å². The van der Waals surface area contributed by atoms with Gasteiger partial charge in [0.05, 0.1) is 5.69 Å². The lowest BCUT2D eigenvalue weighted by molar-refractivity contribution is 0.250. The fraction of sp³-hybridized carbons (Fsp3) is 0.226. The standard InChI is InChI=1S/C31H32N8/c1-2-39-23-28(30(36-39)25-9-6-15-32-21-25)29-14-16-33-31(35-29)34-26-10-12-27(13-11-26)38-19-17-37(18-20-38)22-24-7-4-3-5-8-24/h3-16,21,23H,2,17-20,22H2,1H3,(H,33,34,35). The lowest BCUT2D eigenvalue weighted by Crippen LogP contribution is -2.45. The van der Waals surface area contributed by atoms with Crippen LogP contribution in [-0.2, 0) is 13.1 Å². The third-order valence-corrected chi connectivity index (χ3v) is 7.06. The number of anilines is 3. The molecule has 4 heterocycles. The second kappa shape index (κ2) is 11.4. The minimum absolute atomic E-state index is 0.552. The maximum Gasteiger partial charge on any atom is 0.227 e. The molecular formula is C31H32N8. The van der Waals surface area contributed by atoms with Crippen molar-refractivity contribution in [2.24, 2.45) is 0 Å². The summed E-state index contributed by atoms with van der Waals surface area (Å²) in [5.74, 6) is 0.552. The number of pyridine rings is 1. The van der Waals surface area contributed by atoms with Gasteiger partial charge in [0.15, 0.2) is 0 Å². The molecule has 0 unspecified atom stereocenters. The Hall–Kier alpha value is -4.56. The molecule has 0 amide bonds. The number of rotatable bonds is 8. The molecule has 0 atom stereocenters. The number of piperazine rings is 1. The van der Waals surface area contributed by atoms with Gasteiger partial charge >= 0.3 is 0 Å². The van der Waals surface area contributed by atoms with Crippen LogP contribution in [0.25, 0.3) is 22.5 Å². The van der Waals surface area contributed by atoms with Crippen molar-refractivity contribution in [1.82, 2.24) is 29.6 Å². The van der Waals surface area contributed by atoms with Crippen molar-refractivity contribution in [2.75, 3.05) is 36.4 Å². The van der Waals surface area contributed by atoms with Crippen LogP contribution in [0.15, 0.2) is 97.6 Å². The van der Waals surface area contributed by atoms with E-state index in [0.29, 0.717) is 5.95 Å². The Morgan fingerprint density at radius 2 is 1.67 bits per heavy atom. The Labute approximate surface area is 229 Å². The van der Waals surface area contributed by atoms with Crippen LogP contribution in [0, 0.1) is 0 Å². The normalized spacial score (nSPS) is 13.9. The molecule has 0 bridgehead atoms. The lowest BCUT2D eigenvalue weighted by Gasteiger charge is -2.36. The molecule has 0 radical (unpaired) electrons. The van der Waals surface area contributed by atoms with Gasteiger partial charge in [-0.05, 0) is 55.0 Å². The Balaban J connectivity index is 1.12. The van der Waals surface area contributed by atoms with E-state index in [-0.39, 0.29) is 0 Å². The van der Waals surface area contributed by atoms with Crippen LogP contribution in [0.4, 0.5) is 17.3 Å². The summed E-state index contributed by atoms with van der Waals surface area (Å²) >= 11 is 0. The van der Waals surface area contributed by atoms with Crippen LogP contribution in [0.5, 0.6) is 0 Å². The van der Waals surface area contributed by atoms with Crippen LogP contribution in [0.3, 0.4) is 0 Å². The minimum atomic E-state index is 0.552. The lowest BCUT2D eigenvalue weighted by atomic mass is 10.1. The van der Waals surface area contributed by atoms with Crippen molar-refractivity contribution >= 4 is 17.3 Å². The van der Waals surface area contributed by atoms with Gasteiger partial charge in [-0.25, -0.2) is 9.97 Å². The molecule has 0 spiro atoms. The first kappa shape index (κ1) is 24.8. The molecule has 1 aliphatic rings. The second-order valence-electron chi connectivity index (χ2n) is 9.67. The first-order chi connectivity index (χ1) is 19.2. The topological polar surface area (TPSA) is 75.0 Å². The first-order valence-corrected chi connectivity index (χ1v) is 13.4. The number of aromatic nitrogens is 5. The third kappa shape index (κ3) is 5.81. The zero-order chi connectivity index (χ0) is 26.4. The van der Waals surface area contributed by atoms with Gasteiger partial charge < -0.3 is 10.2 Å². The Bertz CT molecular complexity index is 1490. The highest BCUT2D eigenvalue weighted by molar-refractivity contribution is 5.78. The monoisotopic (exact) mass is 516 g/mol. The Morgan fingerprint density at radius 3 is 2.41 bits per heavy atom. The number of nitrogens with zero attached hydrogens (tertiary/aromatic N) is 7. The molecule has 0 saturated carbocycles. The van der Waals surface area contributed by atoms with Crippen LogP contribution >= 0.6 is 0 Å². The predicted octanol–water partition coefficient (Wildman–Crippen LogP) is 5.49. The molecule has 3 aromatic heterocycles. The van der Waals surface area contributed by atoms with E-state index in [0.717, 1.165) is 67.5 Å². The molecule has 39 heavy (non-hydrogen) atoms. The highest BCUT2D eigenvalue weighted by Gasteiger charge is 2.18. The van der Waals surface area contributed by atoms with Crippen LogP contribution in [0.1, 0.15) is 12.5 Å². The van der Waals surface area contributed by atoms with Crippen LogP contribution in [0.2, 0.25) is 0 Å². The summed E-state index contributed by atoms with van der Waals surface area (Å²) in [6.45, 7) is 8.03. The van der Waals surface area contributed by atoms with Gasteiger partial charge in [-0.3, -0.25) is 14.6 Å². The van der Waals surface area contributed by atoms with Crippen molar-refractivity contribution in [3.63, 3.8) is 0 Å². The highest BCUT2D eigenvalue weighted by Crippen LogP contribution is 2.30. The van der Waals surface area contributed by atoms with Crippen molar-refractivity contribution in [3.05, 3.63) is 103 Å². The molecule has 2 aromatic carbocycles. The molecule has 8 heteroatoms. The third-order valence-electron chi connectivity index (χ3n) is 7.06. The van der Waals surface area contributed by atoms with E-state index in [1.807, 2.05) is 35.3 Å². The first-order valence-electron chi connectivity index (χ1n) is 13.4. The van der Waals surface area contributed by atoms with E-state index >= 15 is 0 Å². The highest BCUT2D eigenvalue weighted by atomic mass is 15.3. The van der Waals surface area contributed by atoms with Crippen LogP contribution < -0.4 is 10.2 Å².